The minimum Gasteiger partial charge on any atom is -0.494 e. The van der Waals surface area contributed by atoms with Gasteiger partial charge in [0.05, 0.1) is 36.1 Å². The highest BCUT2D eigenvalue weighted by molar-refractivity contribution is 6.06. The molecule has 1 aliphatic carbocycles. The number of alkyl halides is 3. The van der Waals surface area contributed by atoms with Crippen molar-refractivity contribution < 1.29 is 22.7 Å². The number of rotatable bonds is 6. The average molecular weight is 517 g/mol. The Morgan fingerprint density at radius 2 is 1.95 bits per heavy atom. The van der Waals surface area contributed by atoms with E-state index in [1.54, 1.807) is 18.3 Å². The number of carbonyl (C=O) groups excluding carboxylic acids is 1. The molecule has 2 aliphatic rings. The maximum atomic E-state index is 13.4. The number of anilines is 1. The number of fused-ring (bicyclic) bond motifs is 1. The molecule has 37 heavy (non-hydrogen) atoms. The van der Waals surface area contributed by atoms with Gasteiger partial charge in [0.2, 0.25) is 0 Å². The minimum atomic E-state index is -4.69. The predicted octanol–water partition coefficient (Wildman–Crippen LogP) is 4.35. The van der Waals surface area contributed by atoms with Crippen molar-refractivity contribution in [2.24, 2.45) is 5.92 Å². The zero-order valence-corrected chi connectivity index (χ0v) is 20.7. The van der Waals surface area contributed by atoms with Crippen LogP contribution in [0.4, 0.5) is 18.9 Å². The fraction of sp³-hybridized carbons (Fsp3) is 0.500. The van der Waals surface area contributed by atoms with Crippen molar-refractivity contribution in [3.63, 3.8) is 0 Å². The van der Waals surface area contributed by atoms with Crippen LogP contribution in [0.3, 0.4) is 0 Å². The number of pyridine rings is 1. The lowest BCUT2D eigenvalue weighted by molar-refractivity contribution is -0.138. The molecule has 1 saturated heterocycles. The highest BCUT2D eigenvalue weighted by atomic mass is 19.4. The lowest BCUT2D eigenvalue weighted by Gasteiger charge is -2.34. The smallest absolute Gasteiger partial charge is 0.418 e. The van der Waals surface area contributed by atoms with E-state index in [4.69, 9.17) is 4.74 Å². The molecule has 1 aliphatic heterocycles. The number of benzene rings is 1. The zero-order chi connectivity index (χ0) is 26.0. The van der Waals surface area contributed by atoms with Crippen LogP contribution in [0, 0.1) is 5.92 Å². The molecule has 3 aromatic rings. The van der Waals surface area contributed by atoms with Crippen molar-refractivity contribution in [2.45, 2.75) is 37.9 Å². The number of halogens is 3. The number of piperazine rings is 1. The first-order valence-corrected chi connectivity index (χ1v) is 12.7. The molecule has 1 saturated carbocycles. The monoisotopic (exact) mass is 516 g/mol. The third-order valence-electron chi connectivity index (χ3n) is 7.38. The molecule has 2 fully saturated rings. The number of nitrogens with one attached hydrogen (secondary N) is 2. The lowest BCUT2D eigenvalue weighted by Crippen LogP contribution is -2.45. The van der Waals surface area contributed by atoms with Gasteiger partial charge in [0.25, 0.3) is 5.91 Å². The molecule has 198 valence electrons. The van der Waals surface area contributed by atoms with E-state index in [9.17, 15) is 18.0 Å². The number of carbonyl (C=O) groups is 1. The Morgan fingerprint density at radius 1 is 1.19 bits per heavy atom. The molecular weight excluding hydrogens is 485 g/mol. The number of nitrogens with zero attached hydrogens (tertiary/aromatic N) is 4. The fourth-order valence-electron chi connectivity index (χ4n) is 5.46. The van der Waals surface area contributed by atoms with Crippen molar-refractivity contribution >= 4 is 22.5 Å². The van der Waals surface area contributed by atoms with Crippen molar-refractivity contribution in [3.05, 3.63) is 47.9 Å². The van der Waals surface area contributed by atoms with E-state index in [-0.39, 0.29) is 11.7 Å². The molecule has 2 N–H and O–H groups in total. The Bertz CT molecular complexity index is 1250. The van der Waals surface area contributed by atoms with Crippen LogP contribution in [0.1, 0.15) is 47.8 Å². The van der Waals surface area contributed by atoms with Gasteiger partial charge < -0.3 is 20.3 Å². The first kappa shape index (κ1) is 25.5. The van der Waals surface area contributed by atoms with Gasteiger partial charge in [-0.15, -0.1) is 0 Å². The number of hydrogen-bond acceptors (Lipinski definition) is 6. The predicted molar refractivity (Wildman–Crippen MR) is 134 cm³/mol. The largest absolute Gasteiger partial charge is 0.494 e. The van der Waals surface area contributed by atoms with Crippen LogP contribution < -0.4 is 15.4 Å². The molecule has 0 atom stereocenters. The summed E-state index contributed by atoms with van der Waals surface area (Å²) in [5, 5.41) is 11.3. The number of aromatic nitrogens is 3. The van der Waals surface area contributed by atoms with E-state index in [2.05, 4.69) is 25.6 Å². The standard InChI is InChI=1S/C26H31F3N6O2/c1-37-23-14-22-18(13-21(23)33-25(36)24-20(26(27,28)29)3-2-8-31-24)15-32-35(22)19-6-4-17(5-7-19)16-34-11-9-30-10-12-34/h2-3,8,13-15,17,19,30H,4-7,9-12,16H2,1H3,(H,33,36). The van der Waals surface area contributed by atoms with Crippen LogP contribution in [0.15, 0.2) is 36.7 Å². The molecule has 1 amide bonds. The van der Waals surface area contributed by atoms with Crippen molar-refractivity contribution in [1.82, 2.24) is 25.0 Å². The quantitative estimate of drug-likeness (QED) is 0.507. The first-order chi connectivity index (χ1) is 17.8. The summed E-state index contributed by atoms with van der Waals surface area (Å²) in [5.41, 5.74) is -0.648. The highest BCUT2D eigenvalue weighted by Crippen LogP contribution is 2.37. The van der Waals surface area contributed by atoms with Crippen molar-refractivity contribution in [2.75, 3.05) is 45.2 Å². The van der Waals surface area contributed by atoms with Crippen molar-refractivity contribution in [1.29, 1.82) is 0 Å². The third kappa shape index (κ3) is 5.57. The number of amides is 1. The summed E-state index contributed by atoms with van der Waals surface area (Å²) in [7, 11) is 1.46. The van der Waals surface area contributed by atoms with E-state index < -0.39 is 23.3 Å². The Kier molecular flexibility index (Phi) is 7.34. The molecule has 0 radical (unpaired) electrons. The van der Waals surface area contributed by atoms with E-state index >= 15 is 0 Å². The maximum absolute atomic E-state index is 13.4. The van der Waals surface area contributed by atoms with Gasteiger partial charge in [0.15, 0.2) is 0 Å². The van der Waals surface area contributed by atoms with Gasteiger partial charge in [-0.3, -0.25) is 14.5 Å². The maximum Gasteiger partial charge on any atom is 0.418 e. The Morgan fingerprint density at radius 3 is 2.65 bits per heavy atom. The van der Waals surface area contributed by atoms with E-state index in [1.165, 1.54) is 7.11 Å². The van der Waals surface area contributed by atoms with Gasteiger partial charge in [-0.1, -0.05) is 0 Å². The van der Waals surface area contributed by atoms with Crippen LogP contribution >= 0.6 is 0 Å². The van der Waals surface area contributed by atoms with Crippen molar-refractivity contribution in [3.8, 4) is 5.75 Å². The SMILES string of the molecule is COc1cc2c(cnn2C2CCC(CN3CCNCC3)CC2)cc1NC(=O)c1ncccc1C(F)(F)F. The van der Waals surface area contributed by atoms with Gasteiger partial charge in [0.1, 0.15) is 11.4 Å². The van der Waals surface area contributed by atoms with Crippen LogP contribution in [0.25, 0.3) is 10.9 Å². The molecule has 5 rings (SSSR count). The average Bonchev–Trinajstić information content (AvgIpc) is 3.31. The second kappa shape index (κ2) is 10.7. The first-order valence-electron chi connectivity index (χ1n) is 12.7. The summed E-state index contributed by atoms with van der Waals surface area (Å²) in [6.45, 7) is 5.49. The number of ether oxygens (including phenoxy) is 1. The summed E-state index contributed by atoms with van der Waals surface area (Å²) in [6, 6.07) is 5.73. The van der Waals surface area contributed by atoms with E-state index in [1.807, 2.05) is 4.68 Å². The zero-order valence-electron chi connectivity index (χ0n) is 20.7. The molecule has 1 aromatic carbocycles. The topological polar surface area (TPSA) is 84.3 Å². The summed E-state index contributed by atoms with van der Waals surface area (Å²) in [5.74, 6) is 0.0842. The van der Waals surface area contributed by atoms with Gasteiger partial charge >= 0.3 is 6.18 Å². The summed E-state index contributed by atoms with van der Waals surface area (Å²) in [4.78, 5) is 19.0. The molecule has 2 aromatic heterocycles. The molecular formula is C26H31F3N6O2. The van der Waals surface area contributed by atoms with Crippen LogP contribution in [-0.4, -0.2) is 65.4 Å². The molecule has 8 nitrogen and oxygen atoms in total. The Labute approximate surface area is 213 Å². The third-order valence-corrected chi connectivity index (χ3v) is 7.38. The van der Waals surface area contributed by atoms with Gasteiger partial charge in [-0.2, -0.15) is 18.3 Å². The second-order valence-corrected chi connectivity index (χ2v) is 9.78. The summed E-state index contributed by atoms with van der Waals surface area (Å²) in [6.07, 6.45) is 2.55. The second-order valence-electron chi connectivity index (χ2n) is 9.78. The molecule has 11 heteroatoms. The number of methoxy groups -OCH3 is 1. The van der Waals surface area contributed by atoms with E-state index in [0.717, 1.165) is 87.6 Å². The van der Waals surface area contributed by atoms with Gasteiger partial charge in [-0.25, -0.2) is 0 Å². The molecule has 0 spiro atoms. The summed E-state index contributed by atoms with van der Waals surface area (Å²) >= 11 is 0. The number of hydrogen-bond donors (Lipinski definition) is 2. The normalized spacial score (nSPS) is 21.2. The lowest BCUT2D eigenvalue weighted by atomic mass is 9.85. The van der Waals surface area contributed by atoms with Crippen LogP contribution in [-0.2, 0) is 6.18 Å². The minimum absolute atomic E-state index is 0.262. The van der Waals surface area contributed by atoms with Crippen LogP contribution in [0.2, 0.25) is 0 Å². The van der Waals surface area contributed by atoms with Gasteiger partial charge in [0, 0.05) is 50.4 Å². The van der Waals surface area contributed by atoms with E-state index in [0.29, 0.717) is 11.7 Å². The highest BCUT2D eigenvalue weighted by Gasteiger charge is 2.36. The van der Waals surface area contributed by atoms with Crippen LogP contribution in [0.5, 0.6) is 5.75 Å². The fourth-order valence-corrected chi connectivity index (χ4v) is 5.46. The Balaban J connectivity index is 1.31. The summed E-state index contributed by atoms with van der Waals surface area (Å²) < 4.78 is 47.6. The molecule has 0 unspecified atom stereocenters. The van der Waals surface area contributed by atoms with Gasteiger partial charge in [-0.05, 0) is 49.8 Å². The Hall–Kier alpha value is -3.18. The molecule has 0 bridgehead atoms. The molecule has 3 heterocycles.